The Labute approximate surface area is 100 Å². The van der Waals surface area contributed by atoms with Gasteiger partial charge in [0.05, 0.1) is 0 Å². The van der Waals surface area contributed by atoms with E-state index in [0.717, 1.165) is 12.8 Å². The summed E-state index contributed by atoms with van der Waals surface area (Å²) >= 11 is 0. The minimum Gasteiger partial charge on any atom is -0.371 e. The smallest absolute Gasteiger partial charge is 0.273 e. The van der Waals surface area contributed by atoms with Crippen molar-refractivity contribution in [1.29, 1.82) is 0 Å². The molecule has 8 heteroatoms. The van der Waals surface area contributed by atoms with Crippen molar-refractivity contribution in [1.82, 2.24) is 14.8 Å². The van der Waals surface area contributed by atoms with Crippen molar-refractivity contribution in [2.24, 2.45) is 5.14 Å². The van der Waals surface area contributed by atoms with Crippen molar-refractivity contribution >= 4 is 10.0 Å². The van der Waals surface area contributed by atoms with E-state index in [9.17, 15) is 8.42 Å². The lowest BCUT2D eigenvalue weighted by Gasteiger charge is -2.22. The van der Waals surface area contributed by atoms with E-state index in [1.54, 1.807) is 11.7 Å². The first-order valence-electron chi connectivity index (χ1n) is 5.30. The van der Waals surface area contributed by atoms with Gasteiger partial charge in [0.15, 0.2) is 5.82 Å². The molecule has 1 aromatic rings. The lowest BCUT2D eigenvalue weighted by atomic mass is 10.1. The molecule has 1 aromatic heterocycles. The van der Waals surface area contributed by atoms with Crippen molar-refractivity contribution in [3.8, 4) is 0 Å². The van der Waals surface area contributed by atoms with Gasteiger partial charge >= 0.3 is 0 Å². The third-order valence-corrected chi connectivity index (χ3v) is 3.67. The molecule has 1 aliphatic carbocycles. The number of rotatable bonds is 4. The van der Waals surface area contributed by atoms with Gasteiger partial charge in [-0.3, -0.25) is 4.57 Å². The molecule has 0 spiro atoms. The van der Waals surface area contributed by atoms with Crippen LogP contribution in [0.15, 0.2) is 5.16 Å². The molecule has 0 atom stereocenters. The van der Waals surface area contributed by atoms with Crippen LogP contribution in [0.1, 0.15) is 38.6 Å². The molecule has 1 heterocycles. The molecule has 2 rings (SSSR count). The highest BCUT2D eigenvalue weighted by Crippen LogP contribution is 2.39. The maximum Gasteiger partial charge on any atom is 0.273 e. The van der Waals surface area contributed by atoms with E-state index in [1.807, 2.05) is 13.8 Å². The lowest BCUT2D eigenvalue weighted by Crippen LogP contribution is -2.27. The summed E-state index contributed by atoms with van der Waals surface area (Å²) in [6.45, 7) is 3.62. The molecule has 0 aromatic carbocycles. The Morgan fingerprint density at radius 1 is 1.41 bits per heavy atom. The summed E-state index contributed by atoms with van der Waals surface area (Å²) in [6, 6.07) is 0.114. The summed E-state index contributed by atoms with van der Waals surface area (Å²) in [5.41, 5.74) is -0.696. The van der Waals surface area contributed by atoms with Crippen LogP contribution in [0, 0.1) is 0 Å². The minimum absolute atomic E-state index is 0.114. The number of aromatic nitrogens is 3. The molecule has 0 amide bonds. The molecule has 0 radical (unpaired) electrons. The van der Waals surface area contributed by atoms with Crippen LogP contribution in [-0.2, 0) is 20.4 Å². The second-order valence-corrected chi connectivity index (χ2v) is 6.12. The van der Waals surface area contributed by atoms with Crippen molar-refractivity contribution in [3.05, 3.63) is 5.82 Å². The summed E-state index contributed by atoms with van der Waals surface area (Å²) in [6.07, 6.45) is 1.82. The zero-order chi connectivity index (χ0) is 12.8. The summed E-state index contributed by atoms with van der Waals surface area (Å²) < 4.78 is 29.7. The fourth-order valence-corrected chi connectivity index (χ4v) is 2.30. The SMILES string of the molecule is COC(C)(C)c1nnc(S(N)(=O)=O)n1C1CC1. The van der Waals surface area contributed by atoms with Crippen molar-refractivity contribution in [3.63, 3.8) is 0 Å². The molecule has 0 saturated heterocycles. The Bertz CT molecular complexity index is 530. The van der Waals surface area contributed by atoms with Crippen LogP contribution in [-0.4, -0.2) is 30.3 Å². The third kappa shape index (κ3) is 2.20. The quantitative estimate of drug-likeness (QED) is 0.830. The fraction of sp³-hybridized carbons (Fsp3) is 0.778. The van der Waals surface area contributed by atoms with Crippen LogP contribution >= 0.6 is 0 Å². The van der Waals surface area contributed by atoms with Crippen LogP contribution in [0.2, 0.25) is 0 Å². The van der Waals surface area contributed by atoms with Gasteiger partial charge in [0, 0.05) is 13.2 Å². The van der Waals surface area contributed by atoms with Crippen molar-refractivity contribution in [2.45, 2.75) is 43.5 Å². The second kappa shape index (κ2) is 3.76. The summed E-state index contributed by atoms with van der Waals surface area (Å²) in [5.74, 6) is 0.492. The molecular formula is C9H16N4O3S. The number of nitrogens with two attached hydrogens (primary N) is 1. The van der Waals surface area contributed by atoms with Crippen LogP contribution in [0.4, 0.5) is 0 Å². The van der Waals surface area contributed by atoms with E-state index in [2.05, 4.69) is 10.2 Å². The van der Waals surface area contributed by atoms with E-state index in [0.29, 0.717) is 5.82 Å². The van der Waals surface area contributed by atoms with E-state index >= 15 is 0 Å². The highest BCUT2D eigenvalue weighted by Gasteiger charge is 2.38. The summed E-state index contributed by atoms with van der Waals surface area (Å²) in [5, 5.41) is 12.5. The van der Waals surface area contributed by atoms with Gasteiger partial charge < -0.3 is 4.74 Å². The minimum atomic E-state index is -3.85. The zero-order valence-electron chi connectivity index (χ0n) is 10.0. The van der Waals surface area contributed by atoms with Gasteiger partial charge in [-0.05, 0) is 26.7 Å². The van der Waals surface area contributed by atoms with E-state index < -0.39 is 15.6 Å². The Morgan fingerprint density at radius 3 is 2.41 bits per heavy atom. The van der Waals surface area contributed by atoms with Gasteiger partial charge in [-0.25, -0.2) is 13.6 Å². The van der Waals surface area contributed by atoms with E-state index in [-0.39, 0.29) is 11.2 Å². The predicted octanol–water partition coefficient (Wildman–Crippen LogP) is 0.142. The molecular weight excluding hydrogens is 244 g/mol. The van der Waals surface area contributed by atoms with Crippen molar-refractivity contribution < 1.29 is 13.2 Å². The molecule has 17 heavy (non-hydrogen) atoms. The maximum atomic E-state index is 11.4. The lowest BCUT2D eigenvalue weighted by molar-refractivity contribution is 0.00770. The molecule has 1 saturated carbocycles. The Kier molecular flexibility index (Phi) is 2.75. The molecule has 1 aliphatic rings. The molecule has 7 nitrogen and oxygen atoms in total. The Balaban J connectivity index is 2.59. The van der Waals surface area contributed by atoms with Crippen LogP contribution in [0.3, 0.4) is 0 Å². The largest absolute Gasteiger partial charge is 0.371 e. The number of primary sulfonamides is 1. The number of hydrogen-bond acceptors (Lipinski definition) is 5. The van der Waals surface area contributed by atoms with Gasteiger partial charge in [-0.15, -0.1) is 10.2 Å². The molecule has 0 bridgehead atoms. The maximum absolute atomic E-state index is 11.4. The third-order valence-electron chi connectivity index (χ3n) is 2.88. The van der Waals surface area contributed by atoms with Gasteiger partial charge in [0.2, 0.25) is 0 Å². The number of sulfonamides is 1. The molecule has 0 unspecified atom stereocenters. The number of nitrogens with zero attached hydrogens (tertiary/aromatic N) is 3. The summed E-state index contributed by atoms with van der Waals surface area (Å²) in [4.78, 5) is 0. The van der Waals surface area contributed by atoms with Gasteiger partial charge in [0.1, 0.15) is 5.60 Å². The second-order valence-electron chi connectivity index (χ2n) is 4.67. The van der Waals surface area contributed by atoms with Gasteiger partial charge in [-0.2, -0.15) is 0 Å². The van der Waals surface area contributed by atoms with E-state index in [1.165, 1.54) is 0 Å². The normalized spacial score (nSPS) is 17.4. The highest BCUT2D eigenvalue weighted by molar-refractivity contribution is 7.89. The number of ether oxygens (including phenoxy) is 1. The highest BCUT2D eigenvalue weighted by atomic mass is 32.2. The standard InChI is InChI=1S/C9H16N4O3S/c1-9(2,16-3)7-11-12-8(17(10,14)15)13(7)6-4-5-6/h6H,4-5H2,1-3H3,(H2,10,14,15). The van der Waals surface area contributed by atoms with Crippen LogP contribution < -0.4 is 5.14 Å². The van der Waals surface area contributed by atoms with Gasteiger partial charge in [0.25, 0.3) is 15.2 Å². The van der Waals surface area contributed by atoms with Gasteiger partial charge in [-0.1, -0.05) is 0 Å². The predicted molar refractivity (Wildman–Crippen MR) is 59.7 cm³/mol. The molecule has 96 valence electrons. The fourth-order valence-electron chi connectivity index (χ4n) is 1.63. The summed E-state index contributed by atoms with van der Waals surface area (Å²) in [7, 11) is -2.31. The topological polar surface area (TPSA) is 100 Å². The first-order valence-corrected chi connectivity index (χ1v) is 6.85. The monoisotopic (exact) mass is 260 g/mol. The Hall–Kier alpha value is -0.990. The Morgan fingerprint density at radius 2 is 2.00 bits per heavy atom. The molecule has 2 N–H and O–H groups in total. The average Bonchev–Trinajstić information content (AvgIpc) is 2.94. The van der Waals surface area contributed by atoms with Crippen LogP contribution in [0.25, 0.3) is 0 Å². The number of hydrogen-bond donors (Lipinski definition) is 1. The molecule has 0 aliphatic heterocycles. The van der Waals surface area contributed by atoms with E-state index in [4.69, 9.17) is 9.88 Å². The van der Waals surface area contributed by atoms with Crippen molar-refractivity contribution in [2.75, 3.05) is 7.11 Å². The average molecular weight is 260 g/mol. The molecule has 1 fully saturated rings. The number of methoxy groups -OCH3 is 1. The first kappa shape index (κ1) is 12.5. The van der Waals surface area contributed by atoms with Crippen LogP contribution in [0.5, 0.6) is 0 Å². The zero-order valence-corrected chi connectivity index (χ0v) is 10.9. The first-order chi connectivity index (χ1) is 7.77.